The molecule has 0 aliphatic rings. The standard InChI is InChI=1S/C24H19F6N3O/c1-32-20-11-8-18(24(28,29)30)12-21(20)33(13-15-2-4-16(14-34)5-3-15)22(32)31-19-9-6-17(7-10-19)23(25,26)27/h2-12,34H,13-14H2,1H3. The summed E-state index contributed by atoms with van der Waals surface area (Å²) in [6.07, 6.45) is -9.04. The minimum Gasteiger partial charge on any atom is -0.392 e. The molecule has 0 saturated carbocycles. The second-order valence-electron chi connectivity index (χ2n) is 7.78. The smallest absolute Gasteiger partial charge is 0.392 e. The number of aliphatic hydroxyl groups excluding tert-OH is 1. The molecule has 0 unspecified atom stereocenters. The van der Waals surface area contributed by atoms with Crippen LogP contribution in [0, 0.1) is 0 Å². The van der Waals surface area contributed by atoms with Crippen molar-refractivity contribution < 1.29 is 31.4 Å². The molecule has 0 radical (unpaired) electrons. The molecule has 1 N–H and O–H groups in total. The topological polar surface area (TPSA) is 42.5 Å². The van der Waals surface area contributed by atoms with Gasteiger partial charge in [0.1, 0.15) is 0 Å². The Balaban J connectivity index is 1.91. The van der Waals surface area contributed by atoms with E-state index in [9.17, 15) is 31.4 Å². The fourth-order valence-corrected chi connectivity index (χ4v) is 3.66. The monoisotopic (exact) mass is 479 g/mol. The SMILES string of the molecule is Cn1c(=Nc2ccc(C(F)(F)F)cc2)n(Cc2ccc(CO)cc2)c2cc(C(F)(F)F)ccc21. The Morgan fingerprint density at radius 3 is 1.85 bits per heavy atom. The molecule has 178 valence electrons. The first kappa shape index (κ1) is 23.6. The Kier molecular flexibility index (Phi) is 6.03. The summed E-state index contributed by atoms with van der Waals surface area (Å²) in [6.45, 7) is 0.00889. The number of aromatic nitrogens is 2. The van der Waals surface area contributed by atoms with Gasteiger partial charge in [-0.1, -0.05) is 24.3 Å². The summed E-state index contributed by atoms with van der Waals surface area (Å²) in [7, 11) is 1.63. The number of hydrogen-bond acceptors (Lipinski definition) is 2. The Hall–Kier alpha value is -3.53. The van der Waals surface area contributed by atoms with Crippen molar-refractivity contribution in [3.05, 3.63) is 94.6 Å². The number of nitrogens with zero attached hydrogens (tertiary/aromatic N) is 3. The lowest BCUT2D eigenvalue weighted by molar-refractivity contribution is -0.138. The Morgan fingerprint density at radius 2 is 1.29 bits per heavy atom. The minimum absolute atomic E-state index is 0.148. The number of rotatable bonds is 4. The highest BCUT2D eigenvalue weighted by molar-refractivity contribution is 5.77. The van der Waals surface area contributed by atoms with Crippen molar-refractivity contribution in [1.29, 1.82) is 0 Å². The number of benzene rings is 3. The summed E-state index contributed by atoms with van der Waals surface area (Å²) in [5.41, 5.74) is 1.02. The summed E-state index contributed by atoms with van der Waals surface area (Å²) in [6, 6.07) is 14.5. The zero-order chi connectivity index (χ0) is 24.7. The minimum atomic E-state index is -4.55. The van der Waals surface area contributed by atoms with E-state index >= 15 is 0 Å². The third kappa shape index (κ3) is 4.72. The molecule has 34 heavy (non-hydrogen) atoms. The largest absolute Gasteiger partial charge is 0.416 e. The van der Waals surface area contributed by atoms with E-state index in [0.29, 0.717) is 11.1 Å². The van der Waals surface area contributed by atoms with Crippen LogP contribution in [0.25, 0.3) is 11.0 Å². The van der Waals surface area contributed by atoms with Gasteiger partial charge in [-0.3, -0.25) is 0 Å². The summed E-state index contributed by atoms with van der Waals surface area (Å²) in [5.74, 6) is 0. The number of aliphatic hydroxyl groups is 1. The number of halogens is 6. The zero-order valence-electron chi connectivity index (χ0n) is 17.8. The number of fused-ring (bicyclic) bond motifs is 1. The molecule has 0 amide bonds. The van der Waals surface area contributed by atoms with Gasteiger partial charge >= 0.3 is 12.4 Å². The Morgan fingerprint density at radius 1 is 0.735 bits per heavy atom. The van der Waals surface area contributed by atoms with E-state index in [1.807, 2.05) is 0 Å². The Bertz CT molecular complexity index is 1380. The van der Waals surface area contributed by atoms with E-state index < -0.39 is 23.5 Å². The van der Waals surface area contributed by atoms with Crippen molar-refractivity contribution in [1.82, 2.24) is 9.13 Å². The maximum atomic E-state index is 13.4. The summed E-state index contributed by atoms with van der Waals surface area (Å²) < 4.78 is 82.0. The second kappa shape index (κ2) is 8.68. The quantitative estimate of drug-likeness (QED) is 0.370. The second-order valence-corrected chi connectivity index (χ2v) is 7.78. The van der Waals surface area contributed by atoms with Crippen LogP contribution in [0.3, 0.4) is 0 Å². The van der Waals surface area contributed by atoms with E-state index in [-0.39, 0.29) is 30.0 Å². The highest BCUT2D eigenvalue weighted by Gasteiger charge is 2.31. The predicted octanol–water partition coefficient (Wildman–Crippen LogP) is 5.79. The molecule has 0 saturated heterocycles. The van der Waals surface area contributed by atoms with Gasteiger partial charge in [-0.15, -0.1) is 0 Å². The first-order valence-corrected chi connectivity index (χ1v) is 10.1. The van der Waals surface area contributed by atoms with Crippen molar-refractivity contribution in [3.63, 3.8) is 0 Å². The molecule has 4 nitrogen and oxygen atoms in total. The van der Waals surface area contributed by atoms with Crippen LogP contribution in [0.4, 0.5) is 32.0 Å². The van der Waals surface area contributed by atoms with Crippen molar-refractivity contribution in [2.75, 3.05) is 0 Å². The fourth-order valence-electron chi connectivity index (χ4n) is 3.66. The lowest BCUT2D eigenvalue weighted by Crippen LogP contribution is -2.24. The molecule has 1 aromatic heterocycles. The van der Waals surface area contributed by atoms with Gasteiger partial charge in [0.25, 0.3) is 0 Å². The maximum Gasteiger partial charge on any atom is 0.416 e. The van der Waals surface area contributed by atoms with E-state index in [4.69, 9.17) is 0 Å². The molecule has 4 aromatic rings. The van der Waals surface area contributed by atoms with Gasteiger partial charge in [0.05, 0.1) is 41.0 Å². The van der Waals surface area contributed by atoms with Gasteiger partial charge in [0, 0.05) is 7.05 Å². The average Bonchev–Trinajstić information content (AvgIpc) is 3.04. The summed E-state index contributed by atoms with van der Waals surface area (Å²) in [5, 5.41) is 9.25. The third-order valence-corrected chi connectivity index (χ3v) is 5.47. The molecule has 0 fully saturated rings. The van der Waals surface area contributed by atoms with Crippen LogP contribution in [0.5, 0.6) is 0 Å². The van der Waals surface area contributed by atoms with Crippen LogP contribution >= 0.6 is 0 Å². The molecule has 0 bridgehead atoms. The molecule has 0 aliphatic heterocycles. The van der Waals surface area contributed by atoms with Crippen molar-refractivity contribution in [2.24, 2.45) is 12.0 Å². The van der Waals surface area contributed by atoms with Gasteiger partial charge in [0.2, 0.25) is 5.62 Å². The summed E-state index contributed by atoms with van der Waals surface area (Å²) in [4.78, 5) is 4.46. The summed E-state index contributed by atoms with van der Waals surface area (Å²) >= 11 is 0. The number of hydrogen-bond donors (Lipinski definition) is 1. The van der Waals surface area contributed by atoms with Gasteiger partial charge in [-0.05, 0) is 53.6 Å². The molecule has 0 spiro atoms. The van der Waals surface area contributed by atoms with E-state index in [1.165, 1.54) is 18.2 Å². The highest BCUT2D eigenvalue weighted by atomic mass is 19.4. The number of imidazole rings is 1. The van der Waals surface area contributed by atoms with Crippen LogP contribution in [0.15, 0.2) is 71.7 Å². The predicted molar refractivity (Wildman–Crippen MR) is 114 cm³/mol. The van der Waals surface area contributed by atoms with Crippen molar-refractivity contribution >= 4 is 16.7 Å². The van der Waals surface area contributed by atoms with Crippen molar-refractivity contribution in [2.45, 2.75) is 25.5 Å². The molecule has 1 heterocycles. The van der Waals surface area contributed by atoms with Gasteiger partial charge in [-0.25, -0.2) is 4.99 Å². The molecular formula is C24H19F6N3O. The molecular weight excluding hydrogens is 460 g/mol. The first-order valence-electron chi connectivity index (χ1n) is 10.1. The van der Waals surface area contributed by atoms with E-state index in [2.05, 4.69) is 4.99 Å². The van der Waals surface area contributed by atoms with Crippen LogP contribution in [0.2, 0.25) is 0 Å². The van der Waals surface area contributed by atoms with Gasteiger partial charge < -0.3 is 14.2 Å². The highest BCUT2D eigenvalue weighted by Crippen LogP contribution is 2.32. The third-order valence-electron chi connectivity index (χ3n) is 5.47. The number of alkyl halides is 6. The average molecular weight is 479 g/mol. The molecule has 4 rings (SSSR count). The van der Waals surface area contributed by atoms with E-state index in [1.54, 1.807) is 40.4 Å². The van der Waals surface area contributed by atoms with Crippen LogP contribution in [0.1, 0.15) is 22.3 Å². The molecule has 3 aromatic carbocycles. The first-order chi connectivity index (χ1) is 16.0. The number of aryl methyl sites for hydroxylation is 1. The molecule has 0 aliphatic carbocycles. The van der Waals surface area contributed by atoms with Gasteiger partial charge in [0.15, 0.2) is 0 Å². The van der Waals surface area contributed by atoms with Crippen LogP contribution < -0.4 is 5.62 Å². The van der Waals surface area contributed by atoms with E-state index in [0.717, 1.165) is 29.8 Å². The van der Waals surface area contributed by atoms with Crippen LogP contribution in [-0.2, 0) is 32.6 Å². The normalized spacial score (nSPS) is 13.1. The maximum absolute atomic E-state index is 13.4. The zero-order valence-corrected chi connectivity index (χ0v) is 17.8. The lowest BCUT2D eigenvalue weighted by atomic mass is 10.1. The lowest BCUT2D eigenvalue weighted by Gasteiger charge is -2.09. The van der Waals surface area contributed by atoms with Gasteiger partial charge in [-0.2, -0.15) is 26.3 Å². The molecule has 0 atom stereocenters. The Labute approximate surface area is 190 Å². The van der Waals surface area contributed by atoms with Crippen molar-refractivity contribution in [3.8, 4) is 0 Å². The fraction of sp³-hybridized carbons (Fsp3) is 0.208. The molecule has 10 heteroatoms. The van der Waals surface area contributed by atoms with Crippen LogP contribution in [-0.4, -0.2) is 14.2 Å².